The van der Waals surface area contributed by atoms with Crippen molar-refractivity contribution in [3.8, 4) is 0 Å². The number of thiophene rings is 1. The Morgan fingerprint density at radius 1 is 1.36 bits per heavy atom. The van der Waals surface area contributed by atoms with Gasteiger partial charge in [0.2, 0.25) is 0 Å². The molecule has 0 aliphatic heterocycles. The van der Waals surface area contributed by atoms with Crippen LogP contribution in [0.2, 0.25) is 0 Å². The second-order valence-corrected chi connectivity index (χ2v) is 9.33. The Bertz CT molecular complexity index is 657. The molecule has 1 heterocycles. The summed E-state index contributed by atoms with van der Waals surface area (Å²) in [6.07, 6.45) is 4.86. The van der Waals surface area contributed by atoms with Crippen LogP contribution in [0.25, 0.3) is 0 Å². The zero-order chi connectivity index (χ0) is 17.7. The van der Waals surface area contributed by atoms with Crippen LogP contribution in [-0.4, -0.2) is 29.2 Å². The number of esters is 1. The normalized spacial score (nSPS) is 36.9. The van der Waals surface area contributed by atoms with E-state index in [-0.39, 0.29) is 24.5 Å². The molecule has 0 saturated heterocycles. The van der Waals surface area contributed by atoms with Crippen LogP contribution in [0.5, 0.6) is 0 Å². The highest BCUT2D eigenvalue weighted by atomic mass is 32.1. The fraction of sp³-hybridized carbons (Fsp3) is 0.684. The molecule has 4 fully saturated rings. The first-order chi connectivity index (χ1) is 11.9. The first-order valence-electron chi connectivity index (χ1n) is 9.10. The molecule has 0 spiro atoms. The van der Waals surface area contributed by atoms with E-state index in [1.165, 1.54) is 0 Å². The van der Waals surface area contributed by atoms with E-state index in [1.807, 2.05) is 24.4 Å². The van der Waals surface area contributed by atoms with Crippen molar-refractivity contribution in [2.75, 3.05) is 6.61 Å². The lowest BCUT2D eigenvalue weighted by atomic mass is 9.48. The van der Waals surface area contributed by atoms with Crippen molar-refractivity contribution in [1.29, 1.82) is 0 Å². The molecule has 5 nitrogen and oxygen atoms in total. The van der Waals surface area contributed by atoms with E-state index in [0.717, 1.165) is 37.0 Å². The number of ether oxygens (including phenoxy) is 1. The van der Waals surface area contributed by atoms with Crippen LogP contribution in [0.15, 0.2) is 17.5 Å². The number of nitrogens with one attached hydrogen (secondary N) is 1. The van der Waals surface area contributed by atoms with E-state index >= 15 is 0 Å². The van der Waals surface area contributed by atoms with Gasteiger partial charge in [-0.2, -0.15) is 0 Å². The van der Waals surface area contributed by atoms with Gasteiger partial charge in [-0.3, -0.25) is 9.59 Å². The minimum Gasteiger partial charge on any atom is -0.455 e. The number of aliphatic hydroxyl groups is 1. The summed E-state index contributed by atoms with van der Waals surface area (Å²) in [7, 11) is 0. The zero-order valence-corrected chi connectivity index (χ0v) is 15.3. The van der Waals surface area contributed by atoms with E-state index in [9.17, 15) is 14.7 Å². The average molecular weight is 363 g/mol. The van der Waals surface area contributed by atoms with Gasteiger partial charge in [-0.05, 0) is 68.7 Å². The molecule has 5 atom stereocenters. The maximum absolute atomic E-state index is 12.7. The predicted octanol–water partition coefficient (Wildman–Crippen LogP) is 2.80. The third kappa shape index (κ3) is 3.22. The number of amides is 1. The van der Waals surface area contributed by atoms with Gasteiger partial charge in [0.1, 0.15) is 0 Å². The number of hydrogen-bond acceptors (Lipinski definition) is 5. The SMILES string of the molecule is C[C@@H](NC(=O)COC(=O)C12C[C@@H]3C[C@@H](CC(O)(C3)C1)C2)c1cccs1. The predicted molar refractivity (Wildman–Crippen MR) is 93.9 cm³/mol. The first-order valence-corrected chi connectivity index (χ1v) is 9.98. The standard InChI is InChI=1S/C19H25NO4S/c1-12(15-3-2-4-25-15)20-16(21)10-24-17(22)18-6-13-5-14(7-18)9-19(23,8-13)11-18/h2-4,12-14,23H,5-11H2,1H3,(H,20,21)/t12-,13-,14+,18?,19?/m1/s1. The van der Waals surface area contributed by atoms with Crippen LogP contribution >= 0.6 is 11.3 Å². The minimum absolute atomic E-state index is 0.0912. The van der Waals surface area contributed by atoms with Crippen LogP contribution in [0.1, 0.15) is 56.4 Å². The molecule has 25 heavy (non-hydrogen) atoms. The summed E-state index contributed by atoms with van der Waals surface area (Å²) in [5.74, 6) is 0.273. The summed E-state index contributed by atoms with van der Waals surface area (Å²) in [6.45, 7) is 1.67. The molecule has 1 aromatic rings. The van der Waals surface area contributed by atoms with Crippen molar-refractivity contribution >= 4 is 23.2 Å². The summed E-state index contributed by atoms with van der Waals surface area (Å²) in [5.41, 5.74) is -1.27. The molecule has 0 radical (unpaired) electrons. The largest absolute Gasteiger partial charge is 0.455 e. The Morgan fingerprint density at radius 2 is 2.08 bits per heavy atom. The monoisotopic (exact) mass is 363 g/mol. The molecule has 0 aromatic carbocycles. The lowest BCUT2D eigenvalue weighted by molar-refractivity contribution is -0.196. The van der Waals surface area contributed by atoms with E-state index in [2.05, 4.69) is 5.32 Å². The van der Waals surface area contributed by atoms with Gasteiger partial charge in [0.15, 0.2) is 6.61 Å². The summed E-state index contributed by atoms with van der Waals surface area (Å²) in [6, 6.07) is 3.82. The fourth-order valence-electron chi connectivity index (χ4n) is 5.63. The summed E-state index contributed by atoms with van der Waals surface area (Å²) in [5, 5.41) is 15.6. The molecule has 2 unspecified atom stereocenters. The average Bonchev–Trinajstić information content (AvgIpc) is 3.04. The Kier molecular flexibility index (Phi) is 4.15. The van der Waals surface area contributed by atoms with Gasteiger partial charge in [-0.15, -0.1) is 11.3 Å². The third-order valence-corrected chi connectivity index (χ3v) is 7.20. The molecular weight excluding hydrogens is 338 g/mol. The molecule has 6 heteroatoms. The molecule has 4 aliphatic rings. The molecule has 1 aromatic heterocycles. The number of hydrogen-bond donors (Lipinski definition) is 2. The minimum atomic E-state index is -0.695. The second-order valence-electron chi connectivity index (χ2n) is 8.35. The topological polar surface area (TPSA) is 75.6 Å². The van der Waals surface area contributed by atoms with E-state index < -0.39 is 11.0 Å². The maximum atomic E-state index is 12.7. The van der Waals surface area contributed by atoms with Gasteiger partial charge in [-0.1, -0.05) is 6.07 Å². The van der Waals surface area contributed by atoms with Crippen LogP contribution in [0.4, 0.5) is 0 Å². The van der Waals surface area contributed by atoms with Gasteiger partial charge in [0.25, 0.3) is 5.91 Å². The Morgan fingerprint density at radius 3 is 2.68 bits per heavy atom. The van der Waals surface area contributed by atoms with E-state index in [4.69, 9.17) is 4.74 Å². The smallest absolute Gasteiger partial charge is 0.312 e. The lowest BCUT2D eigenvalue weighted by Crippen LogP contribution is -2.58. The van der Waals surface area contributed by atoms with Crippen LogP contribution in [0.3, 0.4) is 0 Å². The molecule has 4 bridgehead atoms. The van der Waals surface area contributed by atoms with Crippen molar-refractivity contribution in [3.63, 3.8) is 0 Å². The van der Waals surface area contributed by atoms with Crippen molar-refractivity contribution in [2.24, 2.45) is 17.3 Å². The highest BCUT2D eigenvalue weighted by Gasteiger charge is 2.60. The fourth-order valence-corrected chi connectivity index (χ4v) is 6.36. The molecule has 1 amide bonds. The maximum Gasteiger partial charge on any atom is 0.312 e. The van der Waals surface area contributed by atoms with Gasteiger partial charge < -0.3 is 15.2 Å². The highest BCUT2D eigenvalue weighted by Crippen LogP contribution is 2.61. The third-order valence-electron chi connectivity index (χ3n) is 6.15. The van der Waals surface area contributed by atoms with Crippen LogP contribution in [-0.2, 0) is 14.3 Å². The van der Waals surface area contributed by atoms with Gasteiger partial charge in [-0.25, -0.2) is 0 Å². The number of rotatable bonds is 5. The van der Waals surface area contributed by atoms with Crippen LogP contribution < -0.4 is 5.32 Å². The molecule has 5 rings (SSSR count). The summed E-state index contributed by atoms with van der Waals surface area (Å²) >= 11 is 1.59. The molecule has 4 saturated carbocycles. The zero-order valence-electron chi connectivity index (χ0n) is 14.5. The van der Waals surface area contributed by atoms with Crippen molar-refractivity contribution in [3.05, 3.63) is 22.4 Å². The van der Waals surface area contributed by atoms with E-state index in [0.29, 0.717) is 18.3 Å². The van der Waals surface area contributed by atoms with Gasteiger partial charge >= 0.3 is 5.97 Å². The Labute approximate surface area is 151 Å². The Balaban J connectivity index is 1.34. The number of carbonyl (C=O) groups is 2. The lowest BCUT2D eigenvalue weighted by Gasteiger charge is -2.58. The molecule has 2 N–H and O–H groups in total. The van der Waals surface area contributed by atoms with Gasteiger partial charge in [0, 0.05) is 4.88 Å². The second kappa shape index (κ2) is 6.09. The molecular formula is C19H25NO4S. The summed E-state index contributed by atoms with van der Waals surface area (Å²) in [4.78, 5) is 25.9. The quantitative estimate of drug-likeness (QED) is 0.789. The molecule has 4 aliphatic carbocycles. The Hall–Kier alpha value is -1.40. The van der Waals surface area contributed by atoms with E-state index in [1.54, 1.807) is 11.3 Å². The first kappa shape index (κ1) is 17.0. The van der Waals surface area contributed by atoms with Crippen molar-refractivity contribution in [1.82, 2.24) is 5.32 Å². The highest BCUT2D eigenvalue weighted by molar-refractivity contribution is 7.10. The number of carbonyl (C=O) groups excluding carboxylic acids is 2. The van der Waals surface area contributed by atoms with Crippen molar-refractivity contribution in [2.45, 2.75) is 57.1 Å². The molecule has 136 valence electrons. The summed E-state index contributed by atoms with van der Waals surface area (Å²) < 4.78 is 5.39. The van der Waals surface area contributed by atoms with Crippen molar-refractivity contribution < 1.29 is 19.4 Å². The van der Waals surface area contributed by atoms with Crippen LogP contribution in [0, 0.1) is 17.3 Å². The van der Waals surface area contributed by atoms with Gasteiger partial charge in [0.05, 0.1) is 17.1 Å².